The Hall–Kier alpha value is -1.62. The fourth-order valence-corrected chi connectivity index (χ4v) is 0.750. The molecule has 0 radical (unpaired) electrons. The van der Waals surface area contributed by atoms with Crippen molar-refractivity contribution < 1.29 is 19.5 Å². The Morgan fingerprint density at radius 3 is 2.75 bits per heavy atom. The third-order valence-corrected chi connectivity index (χ3v) is 1.30. The minimum Gasteiger partial charge on any atom is -0.507 e. The molecule has 0 aliphatic carbocycles. The molecule has 1 aromatic rings. The maximum atomic E-state index is 12.5. The lowest BCUT2D eigenvalue weighted by Gasteiger charge is -2.00. The molecule has 0 aliphatic heterocycles. The number of phenolic OH excluding ortho intramolecular Hbond substituents is 1. The molecule has 0 atom stereocenters. The highest BCUT2D eigenvalue weighted by Crippen LogP contribution is 2.16. The first-order chi connectivity index (χ1) is 5.65. The average molecular weight is 171 g/mol. The van der Waals surface area contributed by atoms with Crippen LogP contribution in [0.1, 0.15) is 10.4 Å². The van der Waals surface area contributed by atoms with Crippen LogP contribution in [0, 0.1) is 5.82 Å². The van der Waals surface area contributed by atoms with E-state index >= 15 is 0 Å². The molecule has 0 bridgehead atoms. The summed E-state index contributed by atoms with van der Waals surface area (Å²) in [7, 11) is 0. The molecule has 1 aromatic carbocycles. The summed E-state index contributed by atoms with van der Waals surface area (Å²) in [5.41, 5.74) is 0.976. The van der Waals surface area contributed by atoms with Gasteiger partial charge in [-0.15, -0.1) is 0 Å². The Balaban J connectivity index is 3.13. The first kappa shape index (κ1) is 8.48. The monoisotopic (exact) mass is 171 g/mol. The topological polar surface area (TPSA) is 69.6 Å². The highest BCUT2D eigenvalue weighted by atomic mass is 19.1. The van der Waals surface area contributed by atoms with Crippen LogP contribution in [-0.4, -0.2) is 16.2 Å². The standard InChI is InChI=1S/C7H6FNO3/c8-4-1-2-6(10)5(3-4)7(11)9-12/h1-3,10,12H,(H,9,11). The number of aromatic hydroxyl groups is 1. The smallest absolute Gasteiger partial charge is 0.278 e. The predicted octanol–water partition coefficient (Wildman–Crippen LogP) is 0.650. The van der Waals surface area contributed by atoms with Crippen molar-refractivity contribution >= 4 is 5.91 Å². The van der Waals surface area contributed by atoms with Gasteiger partial charge in [-0.25, -0.2) is 9.87 Å². The van der Waals surface area contributed by atoms with Gasteiger partial charge >= 0.3 is 0 Å². The average Bonchev–Trinajstić information content (AvgIpc) is 2.08. The van der Waals surface area contributed by atoms with E-state index in [-0.39, 0.29) is 11.3 Å². The van der Waals surface area contributed by atoms with Crippen LogP contribution in [0.5, 0.6) is 5.75 Å². The number of amides is 1. The molecular weight excluding hydrogens is 165 g/mol. The highest BCUT2D eigenvalue weighted by molar-refractivity contribution is 5.95. The minimum absolute atomic E-state index is 0.308. The molecule has 64 valence electrons. The maximum Gasteiger partial charge on any atom is 0.278 e. The number of rotatable bonds is 1. The van der Waals surface area contributed by atoms with Gasteiger partial charge in [-0.2, -0.15) is 0 Å². The fourth-order valence-electron chi connectivity index (χ4n) is 0.750. The van der Waals surface area contributed by atoms with Crippen LogP contribution in [-0.2, 0) is 0 Å². The molecule has 0 fully saturated rings. The van der Waals surface area contributed by atoms with Crippen molar-refractivity contribution in [3.05, 3.63) is 29.6 Å². The molecule has 4 nitrogen and oxygen atoms in total. The number of hydrogen-bond donors (Lipinski definition) is 3. The molecule has 0 saturated carbocycles. The number of halogens is 1. The van der Waals surface area contributed by atoms with Crippen molar-refractivity contribution in [3.8, 4) is 5.75 Å². The van der Waals surface area contributed by atoms with Crippen molar-refractivity contribution in [2.75, 3.05) is 0 Å². The van der Waals surface area contributed by atoms with Crippen LogP contribution in [0.2, 0.25) is 0 Å². The maximum absolute atomic E-state index is 12.5. The largest absolute Gasteiger partial charge is 0.507 e. The lowest BCUT2D eigenvalue weighted by atomic mass is 10.2. The Bertz CT molecular complexity index is 314. The quantitative estimate of drug-likeness (QED) is 0.429. The number of hydroxylamine groups is 1. The van der Waals surface area contributed by atoms with E-state index in [1.807, 2.05) is 0 Å². The minimum atomic E-state index is -0.952. The molecule has 3 N–H and O–H groups in total. The van der Waals surface area contributed by atoms with Gasteiger partial charge in [-0.05, 0) is 18.2 Å². The summed E-state index contributed by atoms with van der Waals surface area (Å²) in [6.45, 7) is 0. The van der Waals surface area contributed by atoms with Gasteiger partial charge in [0.25, 0.3) is 5.91 Å². The van der Waals surface area contributed by atoms with Crippen molar-refractivity contribution in [3.63, 3.8) is 0 Å². The second kappa shape index (κ2) is 3.19. The number of nitrogens with one attached hydrogen (secondary N) is 1. The molecule has 12 heavy (non-hydrogen) atoms. The van der Waals surface area contributed by atoms with Gasteiger partial charge in [0.15, 0.2) is 0 Å². The lowest BCUT2D eigenvalue weighted by molar-refractivity contribution is 0.0703. The van der Waals surface area contributed by atoms with Gasteiger partial charge in [0, 0.05) is 0 Å². The summed E-state index contributed by atoms with van der Waals surface area (Å²) in [4.78, 5) is 10.7. The molecule has 0 aliphatic rings. The Labute approximate surface area is 67.2 Å². The van der Waals surface area contributed by atoms with Crippen molar-refractivity contribution in [2.24, 2.45) is 0 Å². The molecule has 5 heteroatoms. The van der Waals surface area contributed by atoms with Gasteiger partial charge in [0.05, 0.1) is 5.56 Å². The molecule has 0 heterocycles. The molecular formula is C7H6FNO3. The Morgan fingerprint density at radius 1 is 1.50 bits per heavy atom. The van der Waals surface area contributed by atoms with E-state index < -0.39 is 11.7 Å². The van der Waals surface area contributed by atoms with Crippen LogP contribution in [0.3, 0.4) is 0 Å². The van der Waals surface area contributed by atoms with E-state index in [0.29, 0.717) is 0 Å². The number of phenols is 1. The van der Waals surface area contributed by atoms with E-state index in [9.17, 15) is 9.18 Å². The summed E-state index contributed by atoms with van der Waals surface area (Å²) < 4.78 is 12.5. The lowest BCUT2D eigenvalue weighted by Crippen LogP contribution is -2.18. The van der Waals surface area contributed by atoms with E-state index in [1.165, 1.54) is 5.48 Å². The van der Waals surface area contributed by atoms with E-state index in [0.717, 1.165) is 18.2 Å². The van der Waals surface area contributed by atoms with E-state index in [2.05, 4.69) is 0 Å². The van der Waals surface area contributed by atoms with Crippen LogP contribution in [0.25, 0.3) is 0 Å². The van der Waals surface area contributed by atoms with Crippen LogP contribution in [0.4, 0.5) is 4.39 Å². The first-order valence-electron chi connectivity index (χ1n) is 3.08. The van der Waals surface area contributed by atoms with Crippen LogP contribution < -0.4 is 5.48 Å². The molecule has 0 saturated heterocycles. The fraction of sp³-hybridized carbons (Fsp3) is 0. The first-order valence-corrected chi connectivity index (χ1v) is 3.08. The normalized spacial score (nSPS) is 9.50. The molecule has 0 spiro atoms. The van der Waals surface area contributed by atoms with Crippen molar-refractivity contribution in [2.45, 2.75) is 0 Å². The van der Waals surface area contributed by atoms with Gasteiger partial charge in [0.1, 0.15) is 11.6 Å². The Kier molecular flexibility index (Phi) is 2.25. The number of carbonyl (C=O) groups excluding carboxylic acids is 1. The van der Waals surface area contributed by atoms with E-state index in [4.69, 9.17) is 10.3 Å². The second-order valence-electron chi connectivity index (χ2n) is 2.10. The predicted molar refractivity (Wildman–Crippen MR) is 37.3 cm³/mol. The number of hydrogen-bond acceptors (Lipinski definition) is 3. The van der Waals surface area contributed by atoms with Gasteiger partial charge in [0.2, 0.25) is 0 Å². The van der Waals surface area contributed by atoms with E-state index in [1.54, 1.807) is 0 Å². The summed E-state index contributed by atoms with van der Waals surface area (Å²) in [6, 6.07) is 2.85. The molecule has 1 rings (SSSR count). The zero-order valence-corrected chi connectivity index (χ0v) is 5.91. The van der Waals surface area contributed by atoms with Gasteiger partial charge in [-0.1, -0.05) is 0 Å². The van der Waals surface area contributed by atoms with Crippen LogP contribution in [0.15, 0.2) is 18.2 Å². The number of carbonyl (C=O) groups is 1. The SMILES string of the molecule is O=C(NO)c1cc(F)ccc1O. The van der Waals surface area contributed by atoms with Crippen molar-refractivity contribution in [1.29, 1.82) is 0 Å². The van der Waals surface area contributed by atoms with Gasteiger partial charge < -0.3 is 5.11 Å². The Morgan fingerprint density at radius 2 is 2.17 bits per heavy atom. The van der Waals surface area contributed by atoms with Gasteiger partial charge in [-0.3, -0.25) is 10.0 Å². The third kappa shape index (κ3) is 1.51. The molecule has 1 amide bonds. The summed E-state index contributed by atoms with van der Waals surface area (Å²) >= 11 is 0. The summed E-state index contributed by atoms with van der Waals surface area (Å²) in [5, 5.41) is 17.2. The third-order valence-electron chi connectivity index (χ3n) is 1.30. The zero-order chi connectivity index (χ0) is 9.14. The summed E-state index contributed by atoms with van der Waals surface area (Å²) in [6.07, 6.45) is 0. The molecule has 0 aromatic heterocycles. The van der Waals surface area contributed by atoms with Crippen LogP contribution >= 0.6 is 0 Å². The molecule has 0 unspecified atom stereocenters. The highest BCUT2D eigenvalue weighted by Gasteiger charge is 2.10. The number of benzene rings is 1. The summed E-state index contributed by atoms with van der Waals surface area (Å²) in [5.74, 6) is -2.00. The zero-order valence-electron chi connectivity index (χ0n) is 5.91. The van der Waals surface area contributed by atoms with Crippen molar-refractivity contribution in [1.82, 2.24) is 5.48 Å². The second-order valence-corrected chi connectivity index (χ2v) is 2.10.